The molecule has 0 heterocycles. The summed E-state index contributed by atoms with van der Waals surface area (Å²) in [4.78, 5) is 0. The van der Waals surface area contributed by atoms with Gasteiger partial charge in [-0.15, -0.1) is 0 Å². The van der Waals surface area contributed by atoms with E-state index < -0.39 is 0 Å². The molecule has 0 spiro atoms. The van der Waals surface area contributed by atoms with E-state index in [2.05, 4.69) is 29.6 Å². The van der Waals surface area contributed by atoms with Gasteiger partial charge in [0.15, 0.2) is 0 Å². The molecule has 0 saturated heterocycles. The zero-order valence-electron chi connectivity index (χ0n) is 12.0. The number of nitrogens with one attached hydrogen (secondary N) is 1. The molecule has 3 heteroatoms. The molecule has 1 N–H and O–H groups in total. The van der Waals surface area contributed by atoms with Crippen LogP contribution in [0, 0.1) is 0 Å². The van der Waals surface area contributed by atoms with Gasteiger partial charge in [-0.25, -0.2) is 0 Å². The summed E-state index contributed by atoms with van der Waals surface area (Å²) in [7, 11) is 3.77. The molecule has 3 nitrogen and oxygen atoms in total. The molecular weight excluding hydrogens is 238 g/mol. The van der Waals surface area contributed by atoms with Gasteiger partial charge in [0.2, 0.25) is 0 Å². The molecule has 1 aliphatic rings. The summed E-state index contributed by atoms with van der Waals surface area (Å²) in [5, 5.41) is 3.22. The molecule has 2 rings (SSSR count). The Kier molecular flexibility index (Phi) is 5.83. The van der Waals surface area contributed by atoms with E-state index in [1.807, 2.05) is 13.1 Å². The average molecular weight is 263 g/mol. The lowest BCUT2D eigenvalue weighted by atomic mass is 9.94. The van der Waals surface area contributed by atoms with Crippen molar-refractivity contribution >= 4 is 0 Å². The Hall–Kier alpha value is -0.900. The number of rotatable bonds is 6. The summed E-state index contributed by atoms with van der Waals surface area (Å²) in [5.41, 5.74) is 1.25. The first-order valence-electron chi connectivity index (χ1n) is 7.21. The molecule has 1 fully saturated rings. The standard InChI is InChI=1S/C16H25NO2/c1-17-12-16(13-7-4-3-5-8-13)19-15-10-6-9-14(11-15)18-2/h3-5,7-8,14-17H,6,9-12H2,1-2H3. The van der Waals surface area contributed by atoms with Crippen LogP contribution in [0.25, 0.3) is 0 Å². The molecule has 0 radical (unpaired) electrons. The lowest BCUT2D eigenvalue weighted by molar-refractivity contribution is -0.0651. The van der Waals surface area contributed by atoms with Crippen molar-refractivity contribution in [3.8, 4) is 0 Å². The predicted molar refractivity (Wildman–Crippen MR) is 77.2 cm³/mol. The van der Waals surface area contributed by atoms with Gasteiger partial charge < -0.3 is 14.8 Å². The minimum atomic E-state index is 0.131. The summed E-state index contributed by atoms with van der Waals surface area (Å²) < 4.78 is 11.8. The Morgan fingerprint density at radius 3 is 2.63 bits per heavy atom. The number of ether oxygens (including phenoxy) is 2. The van der Waals surface area contributed by atoms with E-state index in [1.54, 1.807) is 7.11 Å². The van der Waals surface area contributed by atoms with Crippen LogP contribution < -0.4 is 5.32 Å². The number of hydrogen-bond donors (Lipinski definition) is 1. The van der Waals surface area contributed by atoms with Gasteiger partial charge in [0.05, 0.1) is 18.3 Å². The second-order valence-corrected chi connectivity index (χ2v) is 5.24. The maximum atomic E-state index is 6.31. The zero-order chi connectivity index (χ0) is 13.5. The Balaban J connectivity index is 1.96. The average Bonchev–Trinajstić information content (AvgIpc) is 2.48. The maximum absolute atomic E-state index is 6.31. The Morgan fingerprint density at radius 2 is 1.95 bits per heavy atom. The van der Waals surface area contributed by atoms with Crippen molar-refractivity contribution in [3.05, 3.63) is 35.9 Å². The molecule has 1 saturated carbocycles. The Bertz CT molecular complexity index is 355. The molecule has 0 aliphatic heterocycles. The van der Waals surface area contributed by atoms with Gasteiger partial charge in [-0.3, -0.25) is 0 Å². The van der Waals surface area contributed by atoms with Gasteiger partial charge >= 0.3 is 0 Å². The highest BCUT2D eigenvalue weighted by molar-refractivity contribution is 5.18. The normalized spacial score (nSPS) is 25.2. The van der Waals surface area contributed by atoms with Crippen molar-refractivity contribution in [2.75, 3.05) is 20.7 Å². The lowest BCUT2D eigenvalue weighted by Crippen LogP contribution is -2.31. The Labute approximate surface area is 116 Å². The first kappa shape index (κ1) is 14.5. The summed E-state index contributed by atoms with van der Waals surface area (Å²) >= 11 is 0. The second kappa shape index (κ2) is 7.63. The van der Waals surface area contributed by atoms with Crippen LogP contribution >= 0.6 is 0 Å². The molecule has 0 bridgehead atoms. The molecule has 3 unspecified atom stereocenters. The van der Waals surface area contributed by atoms with Crippen LogP contribution in [-0.4, -0.2) is 32.9 Å². The summed E-state index contributed by atoms with van der Waals surface area (Å²) in [6.45, 7) is 0.845. The van der Waals surface area contributed by atoms with Gasteiger partial charge in [-0.1, -0.05) is 30.3 Å². The van der Waals surface area contributed by atoms with E-state index in [0.29, 0.717) is 12.2 Å². The Morgan fingerprint density at radius 1 is 1.21 bits per heavy atom. The molecule has 0 amide bonds. The summed E-state index contributed by atoms with van der Waals surface area (Å²) in [6.07, 6.45) is 5.34. The molecule has 1 aromatic rings. The van der Waals surface area contributed by atoms with Gasteiger partial charge in [-0.05, 0) is 38.3 Å². The molecule has 1 aromatic carbocycles. The van der Waals surface area contributed by atoms with Crippen LogP contribution in [-0.2, 0) is 9.47 Å². The van der Waals surface area contributed by atoms with E-state index in [-0.39, 0.29) is 6.10 Å². The summed E-state index contributed by atoms with van der Waals surface area (Å²) in [5.74, 6) is 0. The highest BCUT2D eigenvalue weighted by Crippen LogP contribution is 2.28. The van der Waals surface area contributed by atoms with Crippen LogP contribution in [0.5, 0.6) is 0 Å². The first-order chi connectivity index (χ1) is 9.33. The predicted octanol–water partition coefficient (Wildman–Crippen LogP) is 2.92. The minimum absolute atomic E-state index is 0.131. The van der Waals surface area contributed by atoms with Crippen molar-refractivity contribution in [1.29, 1.82) is 0 Å². The first-order valence-corrected chi connectivity index (χ1v) is 7.21. The van der Waals surface area contributed by atoms with Crippen LogP contribution in [0.3, 0.4) is 0 Å². The fourth-order valence-electron chi connectivity index (χ4n) is 2.77. The number of likely N-dealkylation sites (N-methyl/N-ethyl adjacent to an activating group) is 1. The third-order valence-corrected chi connectivity index (χ3v) is 3.83. The number of methoxy groups -OCH3 is 1. The third kappa shape index (κ3) is 4.30. The molecular formula is C16H25NO2. The van der Waals surface area contributed by atoms with Gasteiger partial charge in [0, 0.05) is 13.7 Å². The number of hydrogen-bond acceptors (Lipinski definition) is 3. The molecule has 19 heavy (non-hydrogen) atoms. The van der Waals surface area contributed by atoms with Crippen LogP contribution in [0.4, 0.5) is 0 Å². The third-order valence-electron chi connectivity index (χ3n) is 3.83. The monoisotopic (exact) mass is 263 g/mol. The van der Waals surface area contributed by atoms with Crippen LogP contribution in [0.15, 0.2) is 30.3 Å². The highest BCUT2D eigenvalue weighted by atomic mass is 16.5. The quantitative estimate of drug-likeness (QED) is 0.856. The van der Waals surface area contributed by atoms with E-state index >= 15 is 0 Å². The maximum Gasteiger partial charge on any atom is 0.0952 e. The second-order valence-electron chi connectivity index (χ2n) is 5.24. The van der Waals surface area contributed by atoms with Gasteiger partial charge in [-0.2, -0.15) is 0 Å². The van der Waals surface area contributed by atoms with Gasteiger partial charge in [0.1, 0.15) is 0 Å². The topological polar surface area (TPSA) is 30.5 Å². The largest absolute Gasteiger partial charge is 0.381 e. The van der Waals surface area contributed by atoms with E-state index in [0.717, 1.165) is 19.4 Å². The van der Waals surface area contributed by atoms with Crippen LogP contribution in [0.1, 0.15) is 37.4 Å². The van der Waals surface area contributed by atoms with Crippen molar-refractivity contribution in [2.24, 2.45) is 0 Å². The SMILES string of the molecule is CNCC(OC1CCCC(OC)C1)c1ccccc1. The van der Waals surface area contributed by atoms with E-state index in [4.69, 9.17) is 9.47 Å². The van der Waals surface area contributed by atoms with Gasteiger partial charge in [0.25, 0.3) is 0 Å². The van der Waals surface area contributed by atoms with Crippen molar-refractivity contribution in [1.82, 2.24) is 5.32 Å². The lowest BCUT2D eigenvalue weighted by Gasteiger charge is -2.31. The summed E-state index contributed by atoms with van der Waals surface area (Å²) in [6, 6.07) is 10.5. The minimum Gasteiger partial charge on any atom is -0.381 e. The molecule has 3 atom stereocenters. The fourth-order valence-corrected chi connectivity index (χ4v) is 2.77. The zero-order valence-corrected chi connectivity index (χ0v) is 12.0. The molecule has 106 valence electrons. The molecule has 0 aromatic heterocycles. The van der Waals surface area contributed by atoms with E-state index in [1.165, 1.54) is 18.4 Å². The van der Waals surface area contributed by atoms with Crippen molar-refractivity contribution < 1.29 is 9.47 Å². The fraction of sp³-hybridized carbons (Fsp3) is 0.625. The smallest absolute Gasteiger partial charge is 0.0952 e. The van der Waals surface area contributed by atoms with Crippen LogP contribution in [0.2, 0.25) is 0 Å². The van der Waals surface area contributed by atoms with E-state index in [9.17, 15) is 0 Å². The number of benzene rings is 1. The van der Waals surface area contributed by atoms with Crippen molar-refractivity contribution in [3.63, 3.8) is 0 Å². The molecule has 1 aliphatic carbocycles. The highest BCUT2D eigenvalue weighted by Gasteiger charge is 2.25. The van der Waals surface area contributed by atoms with Crippen molar-refractivity contribution in [2.45, 2.75) is 44.0 Å².